The predicted octanol–water partition coefficient (Wildman–Crippen LogP) is -0.104. The second kappa shape index (κ2) is 5.45. The second-order valence-corrected chi connectivity index (χ2v) is 2.60. The van der Waals surface area contributed by atoms with Gasteiger partial charge in [-0.15, -0.1) is 5.10 Å². The molecule has 1 aromatic heterocycles. The number of aliphatic hydroxyl groups is 1. The molecule has 1 heterocycles. The number of nitrogens with one attached hydrogen (secondary N) is 1. The van der Waals surface area contributed by atoms with Gasteiger partial charge >= 0.3 is 0 Å². The molecule has 72 valence electrons. The van der Waals surface area contributed by atoms with Crippen molar-refractivity contribution in [3.05, 3.63) is 18.3 Å². The van der Waals surface area contributed by atoms with Crippen LogP contribution in [0.2, 0.25) is 0 Å². The lowest BCUT2D eigenvalue weighted by molar-refractivity contribution is 0.0727. The Labute approximate surface area is 76.8 Å². The van der Waals surface area contributed by atoms with E-state index < -0.39 is 6.10 Å². The lowest BCUT2D eigenvalue weighted by atomic mass is 10.4. The third kappa shape index (κ3) is 3.82. The molecule has 2 N–H and O–H groups in total. The maximum absolute atomic E-state index is 9.27. The monoisotopic (exact) mass is 183 g/mol. The first-order chi connectivity index (χ1) is 6.33. The van der Waals surface area contributed by atoms with E-state index in [4.69, 9.17) is 4.74 Å². The standard InChI is InChI=1S/C8H13N3O2/c1-13-6-7(12)5-9-8-3-2-4-10-11-8/h2-4,7,12H,5-6H2,1H3,(H,9,11). The fraction of sp³-hybridized carbons (Fsp3) is 0.500. The molecule has 0 radical (unpaired) electrons. The number of aliphatic hydroxyl groups excluding tert-OH is 1. The summed E-state index contributed by atoms with van der Waals surface area (Å²) in [6, 6.07) is 3.56. The van der Waals surface area contributed by atoms with Gasteiger partial charge in [-0.05, 0) is 12.1 Å². The molecule has 5 nitrogen and oxygen atoms in total. The molecule has 13 heavy (non-hydrogen) atoms. The smallest absolute Gasteiger partial charge is 0.148 e. The fourth-order valence-corrected chi connectivity index (χ4v) is 0.870. The number of hydrogen-bond acceptors (Lipinski definition) is 5. The molecular weight excluding hydrogens is 170 g/mol. The Bertz CT molecular complexity index is 230. The lowest BCUT2D eigenvalue weighted by Gasteiger charge is -2.10. The zero-order chi connectivity index (χ0) is 9.52. The highest BCUT2D eigenvalue weighted by Gasteiger charge is 2.02. The van der Waals surface area contributed by atoms with Gasteiger partial charge in [-0.3, -0.25) is 0 Å². The van der Waals surface area contributed by atoms with E-state index in [1.165, 1.54) is 0 Å². The van der Waals surface area contributed by atoms with Crippen LogP contribution in [0.5, 0.6) is 0 Å². The van der Waals surface area contributed by atoms with E-state index in [9.17, 15) is 5.11 Å². The average Bonchev–Trinajstić information content (AvgIpc) is 2.17. The molecule has 1 aromatic rings. The minimum atomic E-state index is -0.521. The molecule has 0 aliphatic carbocycles. The van der Waals surface area contributed by atoms with Gasteiger partial charge in [0.15, 0.2) is 0 Å². The summed E-state index contributed by atoms with van der Waals surface area (Å²) in [5.74, 6) is 0.651. The number of aromatic nitrogens is 2. The highest BCUT2D eigenvalue weighted by atomic mass is 16.5. The van der Waals surface area contributed by atoms with Crippen molar-refractivity contribution < 1.29 is 9.84 Å². The summed E-state index contributed by atoms with van der Waals surface area (Å²) in [7, 11) is 1.55. The van der Waals surface area contributed by atoms with Gasteiger partial charge in [0.1, 0.15) is 5.82 Å². The number of nitrogens with zero attached hydrogens (tertiary/aromatic N) is 2. The van der Waals surface area contributed by atoms with E-state index in [0.717, 1.165) is 0 Å². The Morgan fingerprint density at radius 3 is 3.15 bits per heavy atom. The van der Waals surface area contributed by atoms with Crippen LogP contribution in [0.25, 0.3) is 0 Å². The number of hydrogen-bond donors (Lipinski definition) is 2. The van der Waals surface area contributed by atoms with E-state index >= 15 is 0 Å². The summed E-state index contributed by atoms with van der Waals surface area (Å²) < 4.78 is 4.77. The first-order valence-electron chi connectivity index (χ1n) is 4.01. The molecule has 1 rings (SSSR count). The third-order valence-electron chi connectivity index (χ3n) is 1.45. The minimum Gasteiger partial charge on any atom is -0.389 e. The van der Waals surface area contributed by atoms with Crippen molar-refractivity contribution in [2.45, 2.75) is 6.10 Å². The molecule has 0 fully saturated rings. The number of methoxy groups -OCH3 is 1. The molecule has 1 unspecified atom stereocenters. The van der Waals surface area contributed by atoms with Crippen molar-refractivity contribution in [2.75, 3.05) is 25.6 Å². The third-order valence-corrected chi connectivity index (χ3v) is 1.45. The first kappa shape index (κ1) is 9.88. The van der Waals surface area contributed by atoms with Crippen LogP contribution in [0.4, 0.5) is 5.82 Å². The molecule has 5 heteroatoms. The van der Waals surface area contributed by atoms with Crippen molar-refractivity contribution in [1.29, 1.82) is 0 Å². The molecule has 0 aliphatic heterocycles. The van der Waals surface area contributed by atoms with Crippen LogP contribution in [0.1, 0.15) is 0 Å². The molecule has 0 bridgehead atoms. The molecule has 0 saturated carbocycles. The zero-order valence-electron chi connectivity index (χ0n) is 7.47. The summed E-state index contributed by atoms with van der Waals surface area (Å²) in [4.78, 5) is 0. The number of ether oxygens (including phenoxy) is 1. The Kier molecular flexibility index (Phi) is 4.14. The van der Waals surface area contributed by atoms with E-state index in [-0.39, 0.29) is 0 Å². The lowest BCUT2D eigenvalue weighted by Crippen LogP contribution is -2.24. The molecule has 1 atom stereocenters. The SMILES string of the molecule is COCC(O)CNc1cccnn1. The fourth-order valence-electron chi connectivity index (χ4n) is 0.870. The Hall–Kier alpha value is -1.20. The predicted molar refractivity (Wildman–Crippen MR) is 48.4 cm³/mol. The van der Waals surface area contributed by atoms with Gasteiger partial charge < -0.3 is 15.2 Å². The van der Waals surface area contributed by atoms with Gasteiger partial charge in [0.25, 0.3) is 0 Å². The summed E-state index contributed by atoms with van der Waals surface area (Å²) >= 11 is 0. The van der Waals surface area contributed by atoms with E-state index in [1.807, 2.05) is 0 Å². The van der Waals surface area contributed by atoms with Crippen molar-refractivity contribution in [2.24, 2.45) is 0 Å². The zero-order valence-corrected chi connectivity index (χ0v) is 7.47. The summed E-state index contributed by atoms with van der Waals surface area (Å²) in [6.45, 7) is 0.722. The van der Waals surface area contributed by atoms with Crippen LogP contribution >= 0.6 is 0 Å². The molecule has 0 saturated heterocycles. The Morgan fingerprint density at radius 1 is 1.69 bits per heavy atom. The number of anilines is 1. The van der Waals surface area contributed by atoms with Crippen molar-refractivity contribution in [1.82, 2.24) is 10.2 Å². The Morgan fingerprint density at radius 2 is 2.54 bits per heavy atom. The summed E-state index contributed by atoms with van der Waals surface area (Å²) in [5, 5.41) is 19.7. The van der Waals surface area contributed by atoms with Crippen LogP contribution in [0.15, 0.2) is 18.3 Å². The highest BCUT2D eigenvalue weighted by molar-refractivity contribution is 5.31. The topological polar surface area (TPSA) is 67.3 Å². The van der Waals surface area contributed by atoms with Crippen LogP contribution in [-0.2, 0) is 4.74 Å². The average molecular weight is 183 g/mol. The van der Waals surface area contributed by atoms with Crippen LogP contribution < -0.4 is 5.32 Å². The summed E-state index contributed by atoms with van der Waals surface area (Å²) in [6.07, 6.45) is 1.07. The quantitative estimate of drug-likeness (QED) is 0.667. The van der Waals surface area contributed by atoms with Crippen molar-refractivity contribution >= 4 is 5.82 Å². The normalized spacial score (nSPS) is 12.5. The van der Waals surface area contributed by atoms with Crippen LogP contribution in [0, 0.1) is 0 Å². The van der Waals surface area contributed by atoms with Crippen molar-refractivity contribution in [3.8, 4) is 0 Å². The van der Waals surface area contributed by atoms with Gasteiger partial charge in [-0.2, -0.15) is 5.10 Å². The number of rotatable bonds is 5. The minimum absolute atomic E-state index is 0.313. The first-order valence-corrected chi connectivity index (χ1v) is 4.01. The van der Waals surface area contributed by atoms with E-state index in [2.05, 4.69) is 15.5 Å². The molecule has 0 aliphatic rings. The van der Waals surface area contributed by atoms with Crippen LogP contribution in [-0.4, -0.2) is 41.7 Å². The molecule has 0 aromatic carbocycles. The van der Waals surface area contributed by atoms with Crippen molar-refractivity contribution in [3.63, 3.8) is 0 Å². The second-order valence-electron chi connectivity index (χ2n) is 2.60. The van der Waals surface area contributed by atoms with Gasteiger partial charge in [-0.25, -0.2) is 0 Å². The van der Waals surface area contributed by atoms with Gasteiger partial charge in [-0.1, -0.05) is 0 Å². The largest absolute Gasteiger partial charge is 0.389 e. The van der Waals surface area contributed by atoms with Crippen LogP contribution in [0.3, 0.4) is 0 Å². The summed E-state index contributed by atoms with van der Waals surface area (Å²) in [5.41, 5.74) is 0. The molecular formula is C8H13N3O2. The molecule has 0 spiro atoms. The molecule has 0 amide bonds. The maximum Gasteiger partial charge on any atom is 0.148 e. The van der Waals surface area contributed by atoms with Gasteiger partial charge in [0.05, 0.1) is 12.7 Å². The van der Waals surface area contributed by atoms with Gasteiger partial charge in [0, 0.05) is 19.9 Å². The highest BCUT2D eigenvalue weighted by Crippen LogP contribution is 1.97. The maximum atomic E-state index is 9.27. The van der Waals surface area contributed by atoms with E-state index in [1.54, 1.807) is 25.4 Å². The van der Waals surface area contributed by atoms with Gasteiger partial charge in [0.2, 0.25) is 0 Å². The Balaban J connectivity index is 2.27. The van der Waals surface area contributed by atoms with E-state index in [0.29, 0.717) is 19.0 Å².